The third kappa shape index (κ3) is 3.12. The highest BCUT2D eigenvalue weighted by Crippen LogP contribution is 2.32. The van der Waals surface area contributed by atoms with Crippen LogP contribution in [-0.2, 0) is 4.74 Å². The van der Waals surface area contributed by atoms with Crippen molar-refractivity contribution in [3.05, 3.63) is 17.5 Å². The lowest BCUT2D eigenvalue weighted by molar-refractivity contribution is -0.0864. The normalized spacial score (nSPS) is 22.7. The lowest BCUT2D eigenvalue weighted by atomic mass is 9.86. The van der Waals surface area contributed by atoms with Crippen molar-refractivity contribution in [3.8, 4) is 0 Å². The molecule has 4 nitrogen and oxygen atoms in total. The average Bonchev–Trinajstić information content (AvgIpc) is 2.39. The number of ether oxygens (including phenoxy) is 1. The number of nitrogens with one attached hydrogen (secondary N) is 1. The predicted molar refractivity (Wildman–Crippen MR) is 73.0 cm³/mol. The van der Waals surface area contributed by atoms with Crippen molar-refractivity contribution >= 4 is 17.4 Å². The van der Waals surface area contributed by atoms with Gasteiger partial charge in [-0.1, -0.05) is 13.8 Å². The van der Waals surface area contributed by atoms with E-state index in [4.69, 9.17) is 16.3 Å². The minimum absolute atomic E-state index is 0.0206. The molecule has 5 heteroatoms. The van der Waals surface area contributed by atoms with Crippen LogP contribution in [0.15, 0.2) is 12.3 Å². The summed E-state index contributed by atoms with van der Waals surface area (Å²) in [4.78, 5) is 8.05. The van der Waals surface area contributed by atoms with Crippen LogP contribution in [0.2, 0.25) is 5.28 Å². The molecule has 1 aromatic rings. The van der Waals surface area contributed by atoms with Crippen LogP contribution >= 0.6 is 11.6 Å². The zero-order valence-corrected chi connectivity index (χ0v) is 11.7. The maximum Gasteiger partial charge on any atom is 0.224 e. The van der Waals surface area contributed by atoms with Crippen molar-refractivity contribution in [2.24, 2.45) is 0 Å². The average molecular weight is 270 g/mol. The molecule has 0 radical (unpaired) electrons. The molecule has 1 aliphatic rings. The molecule has 0 bridgehead atoms. The molecule has 1 aromatic heterocycles. The van der Waals surface area contributed by atoms with E-state index in [1.165, 1.54) is 0 Å². The zero-order chi connectivity index (χ0) is 13.0. The first kappa shape index (κ1) is 13.6. The van der Waals surface area contributed by atoms with E-state index in [2.05, 4.69) is 29.1 Å². The van der Waals surface area contributed by atoms with Crippen molar-refractivity contribution in [1.82, 2.24) is 9.97 Å². The van der Waals surface area contributed by atoms with Gasteiger partial charge in [-0.25, -0.2) is 9.97 Å². The Kier molecular flexibility index (Phi) is 4.40. The number of anilines is 1. The van der Waals surface area contributed by atoms with Crippen molar-refractivity contribution in [1.29, 1.82) is 0 Å². The van der Waals surface area contributed by atoms with Crippen LogP contribution in [-0.4, -0.2) is 28.2 Å². The van der Waals surface area contributed by atoms with Crippen molar-refractivity contribution in [3.63, 3.8) is 0 Å². The number of aromatic nitrogens is 2. The summed E-state index contributed by atoms with van der Waals surface area (Å²) in [6, 6.07) is 2.24. The molecule has 1 unspecified atom stereocenters. The third-order valence-corrected chi connectivity index (χ3v) is 3.94. The van der Waals surface area contributed by atoms with E-state index in [1.54, 1.807) is 6.20 Å². The molecule has 0 amide bonds. The minimum atomic E-state index is 0.0206. The number of halogens is 1. The van der Waals surface area contributed by atoms with Gasteiger partial charge in [0.25, 0.3) is 0 Å². The molecule has 1 atom stereocenters. The summed E-state index contributed by atoms with van der Waals surface area (Å²) in [5.41, 5.74) is 0.0206. The van der Waals surface area contributed by atoms with Crippen LogP contribution in [0.3, 0.4) is 0 Å². The second-order valence-corrected chi connectivity index (χ2v) is 5.12. The maximum absolute atomic E-state index is 5.96. The van der Waals surface area contributed by atoms with Gasteiger partial charge >= 0.3 is 0 Å². The Morgan fingerprint density at radius 2 is 2.28 bits per heavy atom. The number of hydrogen-bond donors (Lipinski definition) is 1. The summed E-state index contributed by atoms with van der Waals surface area (Å²) in [5.74, 6) is 0.794. The van der Waals surface area contributed by atoms with E-state index in [-0.39, 0.29) is 10.9 Å². The van der Waals surface area contributed by atoms with Gasteiger partial charge in [-0.15, -0.1) is 0 Å². The topological polar surface area (TPSA) is 47.0 Å². The van der Waals surface area contributed by atoms with Gasteiger partial charge in [-0.2, -0.15) is 0 Å². The highest BCUT2D eigenvalue weighted by molar-refractivity contribution is 6.28. The molecule has 0 aliphatic carbocycles. The van der Waals surface area contributed by atoms with Gasteiger partial charge in [0.1, 0.15) is 5.82 Å². The fourth-order valence-electron chi connectivity index (χ4n) is 2.52. The van der Waals surface area contributed by atoms with E-state index >= 15 is 0 Å². The van der Waals surface area contributed by atoms with Crippen LogP contribution in [0.1, 0.15) is 39.5 Å². The third-order valence-electron chi connectivity index (χ3n) is 3.76. The summed E-state index contributed by atoms with van der Waals surface area (Å²) >= 11 is 5.79. The molecule has 0 aromatic carbocycles. The Labute approximate surface area is 113 Å². The minimum Gasteiger partial charge on any atom is -0.375 e. The summed E-state index contributed by atoms with van der Waals surface area (Å²) in [6.07, 6.45) is 5.79. The summed E-state index contributed by atoms with van der Waals surface area (Å²) in [7, 11) is 0. The Bertz CT molecular complexity index is 396. The van der Waals surface area contributed by atoms with Gasteiger partial charge in [0.15, 0.2) is 0 Å². The predicted octanol–water partition coefficient (Wildman–Crippen LogP) is 3.28. The molecular formula is C13H20ClN3O. The molecule has 0 spiro atoms. The van der Waals surface area contributed by atoms with Gasteiger partial charge < -0.3 is 10.1 Å². The summed E-state index contributed by atoms with van der Waals surface area (Å²) in [6.45, 7) is 5.18. The standard InChI is InChI=1S/C13H20ClN3O/c1-3-13(4-2)9-10(6-8-18-13)16-11-5-7-15-12(14)17-11/h5,7,10H,3-4,6,8-9H2,1-2H3,(H,15,16,17). The fraction of sp³-hybridized carbons (Fsp3) is 0.692. The molecule has 0 saturated carbocycles. The van der Waals surface area contributed by atoms with E-state index in [0.717, 1.165) is 38.1 Å². The van der Waals surface area contributed by atoms with Crippen LogP contribution < -0.4 is 5.32 Å². The maximum atomic E-state index is 5.96. The highest BCUT2D eigenvalue weighted by atomic mass is 35.5. The molecule has 18 heavy (non-hydrogen) atoms. The van der Waals surface area contributed by atoms with Crippen molar-refractivity contribution in [2.75, 3.05) is 11.9 Å². The van der Waals surface area contributed by atoms with Crippen LogP contribution in [0.4, 0.5) is 5.82 Å². The smallest absolute Gasteiger partial charge is 0.224 e. The number of hydrogen-bond acceptors (Lipinski definition) is 4. The lowest BCUT2D eigenvalue weighted by Gasteiger charge is -2.40. The van der Waals surface area contributed by atoms with Crippen molar-refractivity contribution < 1.29 is 4.74 Å². The monoisotopic (exact) mass is 269 g/mol. The van der Waals surface area contributed by atoms with E-state index in [0.29, 0.717) is 6.04 Å². The second kappa shape index (κ2) is 5.85. The molecule has 100 valence electrons. The van der Waals surface area contributed by atoms with Gasteiger partial charge in [0, 0.05) is 18.8 Å². The summed E-state index contributed by atoms with van der Waals surface area (Å²) < 4.78 is 5.96. The zero-order valence-electron chi connectivity index (χ0n) is 10.9. The Hall–Kier alpha value is -0.870. The lowest BCUT2D eigenvalue weighted by Crippen LogP contribution is -2.43. The summed E-state index contributed by atoms with van der Waals surface area (Å²) in [5, 5.41) is 3.71. The Morgan fingerprint density at radius 3 is 2.94 bits per heavy atom. The molecule has 1 N–H and O–H groups in total. The first-order valence-electron chi connectivity index (χ1n) is 6.56. The SMILES string of the molecule is CCC1(CC)CC(Nc2ccnc(Cl)n2)CCO1. The molecule has 1 fully saturated rings. The highest BCUT2D eigenvalue weighted by Gasteiger charge is 2.34. The molecule has 1 aliphatic heterocycles. The van der Waals surface area contributed by atoms with E-state index < -0.39 is 0 Å². The van der Waals surface area contributed by atoms with Crippen LogP contribution in [0.5, 0.6) is 0 Å². The largest absolute Gasteiger partial charge is 0.375 e. The number of nitrogens with zero attached hydrogens (tertiary/aromatic N) is 2. The molecular weight excluding hydrogens is 250 g/mol. The van der Waals surface area contributed by atoms with Gasteiger partial charge in [-0.05, 0) is 43.4 Å². The van der Waals surface area contributed by atoms with Crippen molar-refractivity contribution in [2.45, 2.75) is 51.2 Å². The van der Waals surface area contributed by atoms with Gasteiger partial charge in [0.05, 0.1) is 5.60 Å². The second-order valence-electron chi connectivity index (χ2n) is 4.78. The van der Waals surface area contributed by atoms with Crippen LogP contribution in [0, 0.1) is 0 Å². The molecule has 2 rings (SSSR count). The molecule has 2 heterocycles. The first-order valence-corrected chi connectivity index (χ1v) is 6.94. The van der Waals surface area contributed by atoms with Gasteiger partial charge in [-0.3, -0.25) is 0 Å². The van der Waals surface area contributed by atoms with Gasteiger partial charge in [0.2, 0.25) is 5.28 Å². The van der Waals surface area contributed by atoms with Crippen LogP contribution in [0.25, 0.3) is 0 Å². The Morgan fingerprint density at radius 1 is 1.50 bits per heavy atom. The first-order chi connectivity index (χ1) is 8.67. The van der Waals surface area contributed by atoms with E-state index in [1.807, 2.05) is 6.07 Å². The number of rotatable bonds is 4. The quantitative estimate of drug-likeness (QED) is 0.852. The molecule has 1 saturated heterocycles. The van der Waals surface area contributed by atoms with E-state index in [9.17, 15) is 0 Å². The Balaban J connectivity index is 2.01. The fourth-order valence-corrected chi connectivity index (χ4v) is 2.67.